The first kappa shape index (κ1) is 15.3. The van der Waals surface area contributed by atoms with Gasteiger partial charge in [0.15, 0.2) is 0 Å². The molecule has 1 amide bonds. The van der Waals surface area contributed by atoms with Crippen molar-refractivity contribution in [3.8, 4) is 11.3 Å². The lowest BCUT2D eigenvalue weighted by Crippen LogP contribution is -2.35. The van der Waals surface area contributed by atoms with Gasteiger partial charge in [-0.25, -0.2) is 9.97 Å². The molecule has 0 spiro atoms. The van der Waals surface area contributed by atoms with Crippen molar-refractivity contribution in [2.24, 2.45) is 0 Å². The van der Waals surface area contributed by atoms with Gasteiger partial charge in [0, 0.05) is 35.5 Å². The molecular formula is C20H23N3O. The zero-order chi connectivity index (χ0) is 16.4. The van der Waals surface area contributed by atoms with Crippen LogP contribution in [0.25, 0.3) is 11.3 Å². The van der Waals surface area contributed by atoms with Crippen LogP contribution in [-0.2, 0) is 12.8 Å². The van der Waals surface area contributed by atoms with Gasteiger partial charge in [0.05, 0.1) is 5.69 Å². The van der Waals surface area contributed by atoms with Crippen molar-refractivity contribution in [1.29, 1.82) is 0 Å². The molecule has 124 valence electrons. The van der Waals surface area contributed by atoms with E-state index >= 15 is 0 Å². The maximum absolute atomic E-state index is 13.0. The highest BCUT2D eigenvalue weighted by Crippen LogP contribution is 2.31. The topological polar surface area (TPSA) is 46.1 Å². The third-order valence-electron chi connectivity index (χ3n) is 5.18. The summed E-state index contributed by atoms with van der Waals surface area (Å²) in [5.41, 5.74) is 5.11. The van der Waals surface area contributed by atoms with Crippen LogP contribution in [0.5, 0.6) is 0 Å². The van der Waals surface area contributed by atoms with Crippen LogP contribution in [0, 0.1) is 0 Å². The number of rotatable bonds is 2. The van der Waals surface area contributed by atoms with E-state index in [0.717, 1.165) is 61.3 Å². The van der Waals surface area contributed by atoms with E-state index in [1.165, 1.54) is 24.8 Å². The minimum Gasteiger partial charge on any atom is -0.339 e. The number of piperidine rings is 1. The highest BCUT2D eigenvalue weighted by atomic mass is 16.2. The minimum atomic E-state index is 0.147. The smallest absolute Gasteiger partial charge is 0.254 e. The van der Waals surface area contributed by atoms with Crippen molar-refractivity contribution in [2.45, 2.75) is 44.9 Å². The van der Waals surface area contributed by atoms with Crippen LogP contribution in [0.1, 0.15) is 53.7 Å². The standard InChI is InChI=1S/C20H23N3O/c24-20(23-12-6-1-7-13-23)16-9-3-2-8-15(16)19-17-10-4-5-11-18(17)21-14-22-19/h2-3,8-9,14H,1,4-7,10-13H2. The molecule has 4 heteroatoms. The number of carbonyl (C=O) groups is 1. The monoisotopic (exact) mass is 321 g/mol. The van der Waals surface area contributed by atoms with Gasteiger partial charge < -0.3 is 4.90 Å². The molecule has 1 aliphatic carbocycles. The van der Waals surface area contributed by atoms with Crippen LogP contribution >= 0.6 is 0 Å². The van der Waals surface area contributed by atoms with Crippen molar-refractivity contribution in [2.75, 3.05) is 13.1 Å². The average molecular weight is 321 g/mol. The van der Waals surface area contributed by atoms with Crippen molar-refractivity contribution < 1.29 is 4.79 Å². The number of fused-ring (bicyclic) bond motifs is 1. The van der Waals surface area contributed by atoms with Gasteiger partial charge in [-0.2, -0.15) is 0 Å². The van der Waals surface area contributed by atoms with Crippen LogP contribution < -0.4 is 0 Å². The van der Waals surface area contributed by atoms with E-state index in [9.17, 15) is 4.79 Å². The first-order chi connectivity index (χ1) is 11.8. The van der Waals surface area contributed by atoms with E-state index in [1.807, 2.05) is 29.2 Å². The zero-order valence-corrected chi connectivity index (χ0v) is 14.0. The lowest BCUT2D eigenvalue weighted by molar-refractivity contribution is 0.0725. The maximum Gasteiger partial charge on any atom is 0.254 e. The molecule has 0 atom stereocenters. The number of carbonyl (C=O) groups excluding carboxylic acids is 1. The molecule has 4 rings (SSSR count). The summed E-state index contributed by atoms with van der Waals surface area (Å²) < 4.78 is 0. The first-order valence-electron chi connectivity index (χ1n) is 9.06. The summed E-state index contributed by atoms with van der Waals surface area (Å²) in [7, 11) is 0. The Hall–Kier alpha value is -2.23. The Bertz CT molecular complexity index is 750. The van der Waals surface area contributed by atoms with Gasteiger partial charge in [0.25, 0.3) is 5.91 Å². The van der Waals surface area contributed by atoms with Crippen LogP contribution in [0.4, 0.5) is 0 Å². The quantitative estimate of drug-likeness (QED) is 0.848. The third kappa shape index (κ3) is 2.81. The fourth-order valence-electron chi connectivity index (χ4n) is 3.90. The average Bonchev–Trinajstić information content (AvgIpc) is 2.68. The Balaban J connectivity index is 1.76. The summed E-state index contributed by atoms with van der Waals surface area (Å²) in [4.78, 5) is 24.1. The second-order valence-electron chi connectivity index (χ2n) is 6.75. The minimum absolute atomic E-state index is 0.147. The van der Waals surface area contributed by atoms with Crippen LogP contribution in [0.2, 0.25) is 0 Å². The summed E-state index contributed by atoms with van der Waals surface area (Å²) >= 11 is 0. The van der Waals surface area contributed by atoms with E-state index in [0.29, 0.717) is 0 Å². The van der Waals surface area contributed by atoms with Crippen molar-refractivity contribution in [1.82, 2.24) is 14.9 Å². The van der Waals surface area contributed by atoms with E-state index in [4.69, 9.17) is 0 Å². The van der Waals surface area contributed by atoms with Gasteiger partial charge in [-0.05, 0) is 51.0 Å². The van der Waals surface area contributed by atoms with Crippen LogP contribution in [-0.4, -0.2) is 33.9 Å². The van der Waals surface area contributed by atoms with Crippen LogP contribution in [0.15, 0.2) is 30.6 Å². The number of benzene rings is 1. The molecule has 2 aliphatic rings. The Labute approximate surface area is 142 Å². The number of hydrogen-bond acceptors (Lipinski definition) is 3. The SMILES string of the molecule is O=C(c1ccccc1-c1ncnc2c1CCCC2)N1CCCCC1. The molecule has 2 heterocycles. The summed E-state index contributed by atoms with van der Waals surface area (Å²) in [5, 5.41) is 0. The van der Waals surface area contributed by atoms with Gasteiger partial charge in [-0.1, -0.05) is 18.2 Å². The number of amides is 1. The largest absolute Gasteiger partial charge is 0.339 e. The second kappa shape index (κ2) is 6.71. The molecular weight excluding hydrogens is 298 g/mol. The van der Waals surface area contributed by atoms with Gasteiger partial charge in [-0.15, -0.1) is 0 Å². The molecule has 24 heavy (non-hydrogen) atoms. The number of hydrogen-bond donors (Lipinski definition) is 0. The fraction of sp³-hybridized carbons (Fsp3) is 0.450. The Morgan fingerprint density at radius 2 is 1.71 bits per heavy atom. The second-order valence-corrected chi connectivity index (χ2v) is 6.75. The van der Waals surface area contributed by atoms with E-state index in [-0.39, 0.29) is 5.91 Å². The molecule has 1 aliphatic heterocycles. The fourth-order valence-corrected chi connectivity index (χ4v) is 3.90. The lowest BCUT2D eigenvalue weighted by Gasteiger charge is -2.27. The lowest BCUT2D eigenvalue weighted by atomic mass is 9.90. The van der Waals surface area contributed by atoms with Gasteiger partial charge >= 0.3 is 0 Å². The van der Waals surface area contributed by atoms with Crippen molar-refractivity contribution in [3.63, 3.8) is 0 Å². The molecule has 0 bridgehead atoms. The molecule has 0 saturated carbocycles. The first-order valence-corrected chi connectivity index (χ1v) is 9.06. The summed E-state index contributed by atoms with van der Waals surface area (Å²) in [6.07, 6.45) is 9.50. The summed E-state index contributed by atoms with van der Waals surface area (Å²) in [6, 6.07) is 7.94. The molecule has 0 unspecified atom stereocenters. The molecule has 2 aromatic rings. The molecule has 4 nitrogen and oxygen atoms in total. The molecule has 1 aromatic heterocycles. The number of aryl methyl sites for hydroxylation is 1. The van der Waals surface area contributed by atoms with Gasteiger partial charge in [0.1, 0.15) is 6.33 Å². The molecule has 1 aromatic carbocycles. The molecule has 1 saturated heterocycles. The van der Waals surface area contributed by atoms with E-state index < -0.39 is 0 Å². The highest BCUT2D eigenvalue weighted by Gasteiger charge is 2.24. The van der Waals surface area contributed by atoms with Crippen LogP contribution in [0.3, 0.4) is 0 Å². The molecule has 0 radical (unpaired) electrons. The molecule has 0 N–H and O–H groups in total. The predicted molar refractivity (Wildman–Crippen MR) is 93.9 cm³/mol. The van der Waals surface area contributed by atoms with Gasteiger partial charge in [0.2, 0.25) is 0 Å². The van der Waals surface area contributed by atoms with E-state index in [2.05, 4.69) is 9.97 Å². The van der Waals surface area contributed by atoms with Gasteiger partial charge in [-0.3, -0.25) is 4.79 Å². The Kier molecular flexibility index (Phi) is 4.28. The normalized spacial score (nSPS) is 17.4. The predicted octanol–water partition coefficient (Wildman–Crippen LogP) is 3.65. The highest BCUT2D eigenvalue weighted by molar-refractivity contribution is 6.00. The van der Waals surface area contributed by atoms with Crippen molar-refractivity contribution in [3.05, 3.63) is 47.4 Å². The maximum atomic E-state index is 13.0. The molecule has 1 fully saturated rings. The Morgan fingerprint density at radius 3 is 2.58 bits per heavy atom. The third-order valence-corrected chi connectivity index (χ3v) is 5.18. The number of likely N-dealkylation sites (tertiary alicyclic amines) is 1. The van der Waals surface area contributed by atoms with Crippen molar-refractivity contribution >= 4 is 5.91 Å². The zero-order valence-electron chi connectivity index (χ0n) is 14.0. The number of aromatic nitrogens is 2. The van der Waals surface area contributed by atoms with E-state index in [1.54, 1.807) is 6.33 Å². The summed E-state index contributed by atoms with van der Waals surface area (Å²) in [5.74, 6) is 0.147. The Morgan fingerprint density at radius 1 is 0.917 bits per heavy atom. The summed E-state index contributed by atoms with van der Waals surface area (Å²) in [6.45, 7) is 1.74. The number of nitrogens with zero attached hydrogens (tertiary/aromatic N) is 3.